The Bertz CT molecular complexity index is 2590. The molecule has 29 heteroatoms. The highest BCUT2D eigenvalue weighted by molar-refractivity contribution is 8.07. The summed E-state index contributed by atoms with van der Waals surface area (Å²) in [7, 11) is -2.60. The summed E-state index contributed by atoms with van der Waals surface area (Å²) in [6, 6.07) is 10.2. The average molecular weight is 908 g/mol. The molecule has 8 rings (SSSR count). The van der Waals surface area contributed by atoms with Crippen LogP contribution in [0.2, 0.25) is 0 Å². The Morgan fingerprint density at radius 1 is 1.05 bits per heavy atom. The normalized spacial score (nSPS) is 29.4. The van der Waals surface area contributed by atoms with Gasteiger partial charge in [0.25, 0.3) is 11.5 Å². The van der Waals surface area contributed by atoms with Crippen LogP contribution in [0.25, 0.3) is 22.3 Å². The number of nitriles is 1. The molecule has 5 aromatic rings. The predicted octanol–water partition coefficient (Wildman–Crippen LogP) is 2.26. The van der Waals surface area contributed by atoms with E-state index in [-0.39, 0.29) is 47.1 Å². The Balaban J connectivity index is 1.08. The highest BCUT2D eigenvalue weighted by Gasteiger charge is 2.54. The number of nitrogens with one attached hydrogen (secondary N) is 3. The number of carbonyl (C=O) groups excluding carboxylic acids is 2. The lowest BCUT2D eigenvalue weighted by Crippen LogP contribution is -2.34. The van der Waals surface area contributed by atoms with E-state index in [1.165, 1.54) is 0 Å². The molecule has 7 heterocycles. The first-order chi connectivity index (χ1) is 29.3. The maximum atomic E-state index is 16.7. The van der Waals surface area contributed by atoms with E-state index in [4.69, 9.17) is 49.2 Å². The zero-order valence-corrected chi connectivity index (χ0v) is 34.2. The Labute approximate surface area is 347 Å². The smallest absolute Gasteiger partial charge is 0.333 e. The summed E-state index contributed by atoms with van der Waals surface area (Å²) >= 11 is 5.29. The van der Waals surface area contributed by atoms with Crippen LogP contribution >= 0.6 is 15.3 Å². The summed E-state index contributed by atoms with van der Waals surface area (Å²) in [4.78, 5) is 64.4. The molecule has 4 aromatic heterocycles. The van der Waals surface area contributed by atoms with Gasteiger partial charge in [0.1, 0.15) is 30.7 Å². The number of hydrogen-bond donors (Lipinski definition) is 4. The van der Waals surface area contributed by atoms with Crippen molar-refractivity contribution in [3.63, 3.8) is 0 Å². The Hall–Kier alpha value is -4.97. The summed E-state index contributed by atoms with van der Waals surface area (Å²) in [6.45, 7) is -2.85. The van der Waals surface area contributed by atoms with Crippen LogP contribution < -0.4 is 16.2 Å². The van der Waals surface area contributed by atoms with Crippen LogP contribution in [0.15, 0.2) is 41.5 Å². The zero-order chi connectivity index (χ0) is 43.0. The number of ether oxygens (including phenoxy) is 2. The van der Waals surface area contributed by atoms with E-state index in [9.17, 15) is 19.3 Å². The van der Waals surface area contributed by atoms with Gasteiger partial charge in [-0.15, -0.1) is 10.2 Å². The van der Waals surface area contributed by atoms with Gasteiger partial charge in [-0.2, -0.15) is 19.6 Å². The van der Waals surface area contributed by atoms with Crippen molar-refractivity contribution in [3.8, 4) is 6.07 Å². The topological polar surface area (TPSA) is 300 Å². The number of fused-ring (bicyclic) bond motifs is 5. The van der Waals surface area contributed by atoms with Gasteiger partial charge in [-0.05, 0) is 23.9 Å². The first-order valence-electron chi connectivity index (χ1n) is 18.2. The number of alkyl halides is 2. The minimum atomic E-state index is -4.50. The van der Waals surface area contributed by atoms with Gasteiger partial charge in [0.2, 0.25) is 11.9 Å². The largest absolute Gasteiger partial charge is 0.345 e. The molecule has 3 fully saturated rings. The first kappa shape index (κ1) is 42.7. The van der Waals surface area contributed by atoms with Crippen molar-refractivity contribution in [3.05, 3.63) is 52.6 Å². The van der Waals surface area contributed by atoms with Crippen molar-refractivity contribution in [2.24, 2.45) is 5.92 Å². The van der Waals surface area contributed by atoms with Gasteiger partial charge in [0.05, 0.1) is 32.3 Å². The van der Waals surface area contributed by atoms with Crippen molar-refractivity contribution < 1.29 is 55.4 Å². The zero-order valence-electron chi connectivity index (χ0n) is 31.5. The molecule has 1 aromatic carbocycles. The van der Waals surface area contributed by atoms with Crippen molar-refractivity contribution in [2.45, 2.75) is 69.5 Å². The lowest BCUT2D eigenvalue weighted by Gasteiger charge is -2.27. The minimum absolute atomic E-state index is 0.00567. The number of hydrogen-bond acceptors (Lipinski definition) is 19. The predicted molar refractivity (Wildman–Crippen MR) is 206 cm³/mol. The van der Waals surface area contributed by atoms with Crippen molar-refractivity contribution in [2.75, 3.05) is 30.5 Å². The second kappa shape index (κ2) is 17.8. The molecule has 0 aliphatic carbocycles. The van der Waals surface area contributed by atoms with Crippen LogP contribution in [0, 0.1) is 17.2 Å². The van der Waals surface area contributed by atoms with E-state index in [0.29, 0.717) is 5.56 Å². The molecule has 61 heavy (non-hydrogen) atoms. The number of aromatic amines is 1. The van der Waals surface area contributed by atoms with Crippen molar-refractivity contribution in [1.29, 1.82) is 5.26 Å². The third-order valence-corrected chi connectivity index (χ3v) is 12.0. The summed E-state index contributed by atoms with van der Waals surface area (Å²) in [6.07, 6.45) is -12.9. The lowest BCUT2D eigenvalue weighted by molar-refractivity contribution is -0.118. The minimum Gasteiger partial charge on any atom is -0.345 e. The second-order valence-electron chi connectivity index (χ2n) is 13.7. The van der Waals surface area contributed by atoms with Crippen molar-refractivity contribution >= 4 is 73.0 Å². The number of carbonyl (C=O) groups is 2. The van der Waals surface area contributed by atoms with Gasteiger partial charge in [-0.25, -0.2) is 18.7 Å². The number of amides is 2. The van der Waals surface area contributed by atoms with E-state index in [1.807, 2.05) is 6.07 Å². The molecule has 3 aliphatic heterocycles. The molecule has 24 nitrogen and oxygen atoms in total. The molecule has 3 aliphatic rings. The van der Waals surface area contributed by atoms with Crippen LogP contribution in [0.3, 0.4) is 0 Å². The molecule has 0 radical (unpaired) electrons. The number of H-pyrrole nitrogens is 1. The van der Waals surface area contributed by atoms with Crippen LogP contribution in [0.5, 0.6) is 0 Å². The molecule has 322 valence electrons. The SMILES string of the molecule is CC(C)C(=O)Nc1nc2c(nnn2[C@@H]2O[C@@H]3COP(OCCC#N)O[C@H]4[C@H](F)[C@H](n5nnc6c(NC(=O)c7ccccc7)ncnc65)O[C@@H]4COP(O)(=S)O[C@H]2[C@@H]3F)c(=O)[nH]1. The number of benzene rings is 1. The van der Waals surface area contributed by atoms with Crippen LogP contribution in [0.1, 0.15) is 43.1 Å². The maximum absolute atomic E-state index is 16.7. The van der Waals surface area contributed by atoms with Crippen molar-refractivity contribution in [1.82, 2.24) is 49.9 Å². The van der Waals surface area contributed by atoms with E-state index >= 15 is 8.78 Å². The number of anilines is 2. The van der Waals surface area contributed by atoms with Gasteiger partial charge in [-0.3, -0.25) is 29.2 Å². The maximum Gasteiger partial charge on any atom is 0.333 e. The van der Waals surface area contributed by atoms with Gasteiger partial charge < -0.3 is 37.8 Å². The van der Waals surface area contributed by atoms with Gasteiger partial charge in [0.15, 0.2) is 52.9 Å². The molecule has 0 saturated carbocycles. The Morgan fingerprint density at radius 2 is 1.79 bits per heavy atom. The number of aromatic nitrogens is 10. The molecule has 2 unspecified atom stereocenters. The second-order valence-corrected chi connectivity index (χ2v) is 17.7. The number of nitrogens with zero attached hydrogens (tertiary/aromatic N) is 10. The fraction of sp³-hybridized carbons (Fsp3) is 0.469. The quantitative estimate of drug-likeness (QED) is 0.122. The number of halogens is 2. The lowest BCUT2D eigenvalue weighted by atomic mass is 10.1. The average Bonchev–Trinajstić information content (AvgIpc) is 4.00. The summed E-state index contributed by atoms with van der Waals surface area (Å²) in [5, 5.41) is 30.1. The fourth-order valence-corrected chi connectivity index (χ4v) is 8.83. The van der Waals surface area contributed by atoms with Crippen LogP contribution in [0.4, 0.5) is 20.5 Å². The summed E-state index contributed by atoms with van der Waals surface area (Å²) in [5.41, 5.74) is -1.08. The highest BCUT2D eigenvalue weighted by atomic mass is 32.5. The molecular weight excluding hydrogens is 874 g/mol. The van der Waals surface area contributed by atoms with E-state index in [0.717, 1.165) is 15.7 Å². The monoisotopic (exact) mass is 907 g/mol. The first-order valence-corrected chi connectivity index (χ1v) is 21.9. The van der Waals surface area contributed by atoms with Gasteiger partial charge in [0, 0.05) is 11.5 Å². The molecular formula is C32H33F2N13O11P2S. The third kappa shape index (κ3) is 8.88. The van der Waals surface area contributed by atoms with E-state index < -0.39 is 101 Å². The molecule has 4 N–H and O–H groups in total. The van der Waals surface area contributed by atoms with Crippen LogP contribution in [-0.2, 0) is 48.7 Å². The molecule has 0 spiro atoms. The van der Waals surface area contributed by atoms with E-state index in [1.54, 1.807) is 44.2 Å². The Morgan fingerprint density at radius 3 is 2.54 bits per heavy atom. The van der Waals surface area contributed by atoms with Gasteiger partial charge >= 0.3 is 15.3 Å². The summed E-state index contributed by atoms with van der Waals surface area (Å²) < 4.78 is 75.9. The van der Waals surface area contributed by atoms with Gasteiger partial charge in [-0.1, -0.05) is 42.5 Å². The van der Waals surface area contributed by atoms with E-state index in [2.05, 4.69) is 51.2 Å². The summed E-state index contributed by atoms with van der Waals surface area (Å²) in [5.74, 6) is -1.75. The Kier molecular flexibility index (Phi) is 12.5. The fourth-order valence-electron chi connectivity index (χ4n) is 6.27. The molecule has 3 saturated heterocycles. The highest BCUT2D eigenvalue weighted by Crippen LogP contribution is 2.53. The molecule has 2 bridgehead atoms. The standard InChI is InChI=1S/C32H33F2N13O11P2S/c1-14(2)27(48)40-32-39-26-21(29(50)41-32)43-45-47(26)31-23-18(33)16(55-31)11-53-59(52-10-6-9-35)57-22-17(12-54-60(51,61)58-23)56-30(19(22)34)46-25-20(42-44-46)24(36-13-37-25)38-28(49)15-7-4-3-5-8-15/h3-5,7-8,13-14,16-19,22-23,30-31H,6,10-12H2,1-2H3,(H,51,61)(H,36,37,38,49)(H2,39,40,41,48,50)/t16-,17-,18-,19+,22-,23+,30-,31-,59?,60?/m1/s1. The number of rotatable bonds is 9. The molecule has 10 atom stereocenters. The third-order valence-electron chi connectivity index (χ3n) is 9.26. The van der Waals surface area contributed by atoms with Crippen LogP contribution in [-0.4, -0.2) is 123 Å². The molecule has 2 amide bonds.